The molecule has 1 saturated heterocycles. The maximum absolute atomic E-state index is 14.9. The lowest BCUT2D eigenvalue weighted by atomic mass is 9.73. The van der Waals surface area contributed by atoms with Crippen molar-refractivity contribution in [3.05, 3.63) is 63.6 Å². The Hall–Kier alpha value is -3.64. The fourth-order valence-electron chi connectivity index (χ4n) is 10.4. The van der Waals surface area contributed by atoms with Crippen molar-refractivity contribution in [1.82, 2.24) is 4.90 Å². The minimum atomic E-state index is -0.728. The molecule has 4 unspecified atom stereocenters. The molecule has 12 heteroatoms. The number of anilines is 2. The zero-order valence-corrected chi connectivity index (χ0v) is 45.9. The molecule has 10 nitrogen and oxygen atoms in total. The van der Waals surface area contributed by atoms with Crippen molar-refractivity contribution in [1.29, 1.82) is 0 Å². The number of nitrogens with zero attached hydrogens (tertiary/aromatic N) is 3. The number of unbranched alkanes of at least 4 members (excludes halogenated alkanes) is 2. The smallest absolute Gasteiger partial charge is 0.434 e. The number of Topliss-reactive ketones (excluding diaryl/α,β-unsaturated/α-hetero) is 1. The van der Waals surface area contributed by atoms with Gasteiger partial charge in [0, 0.05) is 57.5 Å². The summed E-state index contributed by atoms with van der Waals surface area (Å²) in [4.78, 5) is 51.2. The summed E-state index contributed by atoms with van der Waals surface area (Å²) in [6.07, 6.45) is 13.7. The molecule has 68 heavy (non-hydrogen) atoms. The molecule has 2 amide bonds. The van der Waals surface area contributed by atoms with Crippen LogP contribution in [0.1, 0.15) is 172 Å². The SMILES string of the molecule is CCCCC(CC)CSCCCOC(=O)N=C1C=C2C(=CC1=C1C(=O)C(c3cc4c(cc3NC(=O)OCCCSCC(CC)CCCC)N(C(C)C)C(C)C4(C)C)=C1O)C(C)(C)C(C)N2C(C)C. The highest BCUT2D eigenvalue weighted by Gasteiger charge is 2.49. The van der Waals surface area contributed by atoms with Crippen LogP contribution in [0.5, 0.6) is 0 Å². The number of aliphatic hydroxyl groups is 1. The summed E-state index contributed by atoms with van der Waals surface area (Å²) in [6, 6.07) is 4.45. The summed E-state index contributed by atoms with van der Waals surface area (Å²) < 4.78 is 11.4. The molecular formula is C56H86N4O6S2. The van der Waals surface area contributed by atoms with Gasteiger partial charge in [-0.2, -0.15) is 28.5 Å². The number of ketones is 1. The van der Waals surface area contributed by atoms with E-state index in [1.165, 1.54) is 51.4 Å². The Kier molecular flexibility index (Phi) is 19.9. The average molecular weight is 975 g/mol. The molecule has 2 N–H and O–H groups in total. The molecule has 2 heterocycles. The first-order chi connectivity index (χ1) is 32.3. The van der Waals surface area contributed by atoms with Crippen LogP contribution in [0, 0.1) is 17.3 Å². The van der Waals surface area contributed by atoms with E-state index in [-0.39, 0.29) is 76.6 Å². The number of rotatable bonds is 24. The number of carbonyl (C=O) groups excluding carboxylic acids is 3. The first kappa shape index (κ1) is 55.3. The predicted molar refractivity (Wildman–Crippen MR) is 289 cm³/mol. The van der Waals surface area contributed by atoms with Gasteiger partial charge in [0.05, 0.1) is 35.8 Å². The van der Waals surface area contributed by atoms with Gasteiger partial charge in [-0.15, -0.1) is 0 Å². The van der Waals surface area contributed by atoms with Crippen LogP contribution in [-0.2, 0) is 19.7 Å². The van der Waals surface area contributed by atoms with Crippen LogP contribution >= 0.6 is 23.5 Å². The molecular weight excluding hydrogens is 889 g/mol. The maximum atomic E-state index is 14.9. The third kappa shape index (κ3) is 12.3. The number of aliphatic imine (C=N–C) groups is 1. The molecule has 4 atom stereocenters. The summed E-state index contributed by atoms with van der Waals surface area (Å²) in [7, 11) is 0. The molecule has 1 aromatic rings. The number of carbonyl (C=O) groups is 3. The molecule has 0 saturated carbocycles. The molecule has 378 valence electrons. The third-order valence-electron chi connectivity index (χ3n) is 15.3. The molecule has 0 aromatic heterocycles. The van der Waals surface area contributed by atoms with Gasteiger partial charge in [0.25, 0.3) is 0 Å². The van der Waals surface area contributed by atoms with Crippen LogP contribution < -0.4 is 10.2 Å². The lowest BCUT2D eigenvalue weighted by Gasteiger charge is -2.34. The van der Waals surface area contributed by atoms with E-state index in [0.29, 0.717) is 28.7 Å². The van der Waals surface area contributed by atoms with Crippen LogP contribution in [-0.4, -0.2) is 94.1 Å². The largest absolute Gasteiger partial charge is 0.506 e. The molecule has 0 radical (unpaired) electrons. The highest BCUT2D eigenvalue weighted by Crippen LogP contribution is 2.53. The Morgan fingerprint density at radius 2 is 1.34 bits per heavy atom. The van der Waals surface area contributed by atoms with Crippen LogP contribution in [0.4, 0.5) is 21.0 Å². The van der Waals surface area contributed by atoms with Crippen molar-refractivity contribution in [2.75, 3.05) is 46.4 Å². The van der Waals surface area contributed by atoms with E-state index in [9.17, 15) is 19.5 Å². The second-order valence-corrected chi connectivity index (χ2v) is 23.5. The summed E-state index contributed by atoms with van der Waals surface area (Å²) in [6.45, 7) is 31.2. The highest BCUT2D eigenvalue weighted by molar-refractivity contribution is 7.99. The van der Waals surface area contributed by atoms with Gasteiger partial charge in [-0.3, -0.25) is 10.1 Å². The zero-order chi connectivity index (χ0) is 50.1. The number of aliphatic hydroxyl groups excluding tert-OH is 1. The van der Waals surface area contributed by atoms with E-state index < -0.39 is 12.2 Å². The first-order valence-electron chi connectivity index (χ1n) is 26.0. The van der Waals surface area contributed by atoms with E-state index in [4.69, 9.17) is 9.47 Å². The first-order valence-corrected chi connectivity index (χ1v) is 28.3. The van der Waals surface area contributed by atoms with E-state index >= 15 is 0 Å². The number of thioether (sulfide) groups is 2. The van der Waals surface area contributed by atoms with Crippen molar-refractivity contribution in [3.8, 4) is 0 Å². The number of hydrogen-bond donors (Lipinski definition) is 2. The van der Waals surface area contributed by atoms with Gasteiger partial charge in [-0.05, 0) is 137 Å². The van der Waals surface area contributed by atoms with Gasteiger partial charge in [0.1, 0.15) is 5.76 Å². The number of fused-ring (bicyclic) bond motifs is 2. The summed E-state index contributed by atoms with van der Waals surface area (Å²) in [5, 5.41) is 15.2. The van der Waals surface area contributed by atoms with Gasteiger partial charge >= 0.3 is 12.2 Å². The van der Waals surface area contributed by atoms with Crippen molar-refractivity contribution in [3.63, 3.8) is 0 Å². The molecule has 1 aromatic carbocycles. The Labute approximate surface area is 419 Å². The molecule has 0 bridgehead atoms. The molecule has 5 rings (SSSR count). The number of hydrogen-bond acceptors (Lipinski definition) is 10. The summed E-state index contributed by atoms with van der Waals surface area (Å²) in [5.74, 6) is 4.86. The van der Waals surface area contributed by atoms with Crippen molar-refractivity contribution < 1.29 is 29.0 Å². The van der Waals surface area contributed by atoms with Crippen LogP contribution in [0.2, 0.25) is 0 Å². The van der Waals surface area contributed by atoms with E-state index in [0.717, 1.165) is 58.4 Å². The quantitative estimate of drug-likeness (QED) is 0.0765. The van der Waals surface area contributed by atoms with Gasteiger partial charge < -0.3 is 24.4 Å². The van der Waals surface area contributed by atoms with Crippen molar-refractivity contribution >= 4 is 64.2 Å². The van der Waals surface area contributed by atoms with Crippen molar-refractivity contribution in [2.24, 2.45) is 22.2 Å². The lowest BCUT2D eigenvalue weighted by Crippen LogP contribution is -2.42. The zero-order valence-electron chi connectivity index (χ0n) is 44.2. The molecule has 2 aliphatic heterocycles. The molecule has 0 spiro atoms. The fraction of sp³-hybridized carbons (Fsp3) is 0.679. The number of benzene rings is 1. The van der Waals surface area contributed by atoms with Gasteiger partial charge in [0.15, 0.2) is 0 Å². The van der Waals surface area contributed by atoms with E-state index in [2.05, 4.69) is 117 Å². The standard InChI is InChI=1S/C56H86N4O6S2/c1-15-19-23-39(17-3)33-67-27-21-25-65-53(63)57-45-31-47-43(55(11,12)37(9)59(47)35(5)6)29-41(45)49-51(61)50(52(49)62)42-30-44-48(60(36(7)8)38(10)56(44,13)14)32-46(42)58-54(64)66-26-22-28-68-34-40(18-4)24-20-16-2/h29-32,35-40,61H,15-28,33-34H2,1-14H3,(H,57,63). The minimum Gasteiger partial charge on any atom is -0.506 e. The van der Waals surface area contributed by atoms with Crippen molar-refractivity contribution in [2.45, 2.75) is 191 Å². The maximum Gasteiger partial charge on any atom is 0.434 e. The molecule has 2 aliphatic carbocycles. The monoisotopic (exact) mass is 975 g/mol. The Morgan fingerprint density at radius 1 is 0.779 bits per heavy atom. The van der Waals surface area contributed by atoms with Gasteiger partial charge in [-0.25, -0.2) is 9.59 Å². The number of likely N-dealkylation sites (tertiary alicyclic amines) is 1. The minimum absolute atomic E-state index is 0.0914. The van der Waals surface area contributed by atoms with Gasteiger partial charge in [-0.1, -0.05) is 93.9 Å². The normalized spacial score (nSPS) is 22.1. The Morgan fingerprint density at radius 3 is 1.87 bits per heavy atom. The van der Waals surface area contributed by atoms with Crippen LogP contribution in [0.3, 0.4) is 0 Å². The van der Waals surface area contributed by atoms with Crippen LogP contribution in [0.25, 0.3) is 5.57 Å². The summed E-state index contributed by atoms with van der Waals surface area (Å²) >= 11 is 3.83. The van der Waals surface area contributed by atoms with Crippen LogP contribution in [0.15, 0.2) is 57.5 Å². The Balaban J connectivity index is 1.48. The van der Waals surface area contributed by atoms with Gasteiger partial charge in [0.2, 0.25) is 5.78 Å². The second-order valence-electron chi connectivity index (χ2n) is 21.2. The highest BCUT2D eigenvalue weighted by atomic mass is 32.2. The number of allylic oxidation sites excluding steroid dienone is 6. The number of ether oxygens (including phenoxy) is 2. The third-order valence-corrected chi connectivity index (χ3v) is 17.8. The predicted octanol–water partition coefficient (Wildman–Crippen LogP) is 14.5. The number of amides is 2. The summed E-state index contributed by atoms with van der Waals surface area (Å²) in [5.41, 5.74) is 5.00. The number of nitrogens with one attached hydrogen (secondary N) is 1. The lowest BCUT2D eigenvalue weighted by molar-refractivity contribution is -0.111. The second kappa shape index (κ2) is 24.5. The topological polar surface area (TPSA) is 121 Å². The molecule has 1 fully saturated rings. The fourth-order valence-corrected chi connectivity index (χ4v) is 12.8. The van der Waals surface area contributed by atoms with E-state index in [1.807, 2.05) is 47.8 Å². The Bertz CT molecular complexity index is 2130. The van der Waals surface area contributed by atoms with E-state index in [1.54, 1.807) is 0 Å². The average Bonchev–Trinajstić information content (AvgIpc) is 3.60. The molecule has 4 aliphatic rings.